The van der Waals surface area contributed by atoms with Crippen molar-refractivity contribution in [3.8, 4) is 11.5 Å². The fourth-order valence-electron chi connectivity index (χ4n) is 2.87. The van der Waals surface area contributed by atoms with Crippen LogP contribution in [0.5, 0.6) is 0 Å². The lowest BCUT2D eigenvalue weighted by atomic mass is 10.2. The Hall–Kier alpha value is -3.70. The average Bonchev–Trinajstić information content (AvgIpc) is 3.27. The number of fused-ring (bicyclic) bond motifs is 1. The summed E-state index contributed by atoms with van der Waals surface area (Å²) in [5, 5.41) is 5.09. The van der Waals surface area contributed by atoms with Gasteiger partial charge in [-0.3, -0.25) is 9.78 Å². The first-order valence-electron chi connectivity index (χ1n) is 10.4. The normalized spacial score (nSPS) is 10.5. The summed E-state index contributed by atoms with van der Waals surface area (Å²) >= 11 is 1.33. The van der Waals surface area contributed by atoms with Gasteiger partial charge >= 0.3 is 5.69 Å². The topological polar surface area (TPSA) is 149 Å². The summed E-state index contributed by atoms with van der Waals surface area (Å²) in [6.07, 6.45) is 5.25. The number of carbonyl (C=O) groups excluding carboxylic acids is 1. The molecule has 0 saturated carbocycles. The van der Waals surface area contributed by atoms with E-state index in [-0.39, 0.29) is 11.7 Å². The van der Waals surface area contributed by atoms with Gasteiger partial charge in [0.25, 0.3) is 5.91 Å². The number of nitrogen functional groups attached to an aromatic ring is 1. The molecule has 4 N–H and O–H groups in total. The second-order valence-corrected chi connectivity index (χ2v) is 7.55. The number of hydrogen-bond acceptors (Lipinski definition) is 9. The van der Waals surface area contributed by atoms with Crippen LogP contribution < -0.4 is 16.7 Å². The van der Waals surface area contributed by atoms with Crippen LogP contribution in [0, 0.1) is 0 Å². The quantitative estimate of drug-likeness (QED) is 0.375. The van der Waals surface area contributed by atoms with Crippen LogP contribution in [0.4, 0.5) is 5.82 Å². The summed E-state index contributed by atoms with van der Waals surface area (Å²) in [4.78, 5) is 43.3. The number of thiophene rings is 1. The van der Waals surface area contributed by atoms with Crippen molar-refractivity contribution >= 4 is 33.3 Å². The van der Waals surface area contributed by atoms with Crippen LogP contribution in [0.3, 0.4) is 0 Å². The van der Waals surface area contributed by atoms with Gasteiger partial charge in [-0.05, 0) is 38.0 Å². The SMILES string of the molecule is CCOCC.Nc1nc(-c2ccccn2)nc2scc(C(=O)NCCc3cnc(=O)[nH]c3)c12. The molecule has 0 aromatic carbocycles. The number of rotatable bonds is 7. The lowest BCUT2D eigenvalue weighted by molar-refractivity contribution is 0.0956. The third-order valence-electron chi connectivity index (χ3n) is 4.44. The number of carbonyl (C=O) groups is 1. The number of aromatic amines is 1. The number of amides is 1. The zero-order valence-electron chi connectivity index (χ0n) is 18.4. The molecule has 4 aromatic heterocycles. The van der Waals surface area contributed by atoms with Crippen molar-refractivity contribution < 1.29 is 9.53 Å². The van der Waals surface area contributed by atoms with Gasteiger partial charge < -0.3 is 20.8 Å². The molecule has 0 spiro atoms. The van der Waals surface area contributed by atoms with Crippen LogP contribution in [-0.4, -0.2) is 50.6 Å². The zero-order valence-corrected chi connectivity index (χ0v) is 19.2. The molecule has 4 aromatic rings. The fraction of sp³-hybridized carbons (Fsp3) is 0.273. The molecule has 0 saturated heterocycles. The van der Waals surface area contributed by atoms with E-state index >= 15 is 0 Å². The molecular weight excluding hydrogens is 442 g/mol. The molecule has 0 aliphatic rings. The molecule has 1 amide bonds. The van der Waals surface area contributed by atoms with Gasteiger partial charge in [0.15, 0.2) is 5.82 Å². The summed E-state index contributed by atoms with van der Waals surface area (Å²) in [7, 11) is 0. The Balaban J connectivity index is 0.000000555. The second-order valence-electron chi connectivity index (χ2n) is 6.69. The van der Waals surface area contributed by atoms with E-state index in [1.165, 1.54) is 17.5 Å². The Labute approximate surface area is 194 Å². The standard InChI is InChI=1S/C18H15N7O2S.C4H10O/c19-14-13-11(16(26)21-6-4-10-7-22-18(27)23-8-10)9-28-17(13)25-15(24-14)12-3-1-2-5-20-12;1-3-5-4-2/h1-3,5,7-9H,4,6H2,(H,21,26)(H2,19,24,25)(H,22,23,27);3-4H2,1-2H3. The van der Waals surface area contributed by atoms with Crippen LogP contribution in [0.15, 0.2) is 47.0 Å². The van der Waals surface area contributed by atoms with E-state index < -0.39 is 5.69 Å². The summed E-state index contributed by atoms with van der Waals surface area (Å²) < 4.78 is 4.83. The number of pyridine rings is 1. The number of hydrogen-bond donors (Lipinski definition) is 3. The molecule has 33 heavy (non-hydrogen) atoms. The highest BCUT2D eigenvalue weighted by molar-refractivity contribution is 7.17. The van der Waals surface area contributed by atoms with Gasteiger partial charge in [0.05, 0.1) is 10.9 Å². The van der Waals surface area contributed by atoms with Gasteiger partial charge in [-0.15, -0.1) is 11.3 Å². The molecule has 0 fully saturated rings. The molecular formula is C22H25N7O3S. The predicted molar refractivity (Wildman–Crippen MR) is 128 cm³/mol. The van der Waals surface area contributed by atoms with Crippen LogP contribution in [0.25, 0.3) is 21.7 Å². The number of nitrogens with one attached hydrogen (secondary N) is 2. The highest BCUT2D eigenvalue weighted by Crippen LogP contribution is 2.30. The summed E-state index contributed by atoms with van der Waals surface area (Å²) in [6, 6.07) is 5.45. The van der Waals surface area contributed by atoms with E-state index in [9.17, 15) is 9.59 Å². The molecule has 0 aliphatic heterocycles. The minimum Gasteiger partial charge on any atom is -0.383 e. The molecule has 0 unspecified atom stereocenters. The van der Waals surface area contributed by atoms with Gasteiger partial charge in [0, 0.05) is 43.7 Å². The van der Waals surface area contributed by atoms with Crippen molar-refractivity contribution in [3.63, 3.8) is 0 Å². The van der Waals surface area contributed by atoms with E-state index in [1.54, 1.807) is 23.8 Å². The van der Waals surface area contributed by atoms with Crippen molar-refractivity contribution in [3.05, 3.63) is 63.8 Å². The lowest BCUT2D eigenvalue weighted by Gasteiger charge is -2.06. The molecule has 4 heterocycles. The Morgan fingerprint density at radius 3 is 2.67 bits per heavy atom. The zero-order chi connectivity index (χ0) is 23.6. The Morgan fingerprint density at radius 2 is 2.03 bits per heavy atom. The molecule has 0 atom stereocenters. The van der Waals surface area contributed by atoms with Crippen LogP contribution in [0.2, 0.25) is 0 Å². The van der Waals surface area contributed by atoms with Crippen molar-refractivity contribution in [1.29, 1.82) is 0 Å². The molecule has 0 radical (unpaired) electrons. The lowest BCUT2D eigenvalue weighted by Crippen LogP contribution is -2.26. The number of anilines is 1. The summed E-state index contributed by atoms with van der Waals surface area (Å²) in [5.41, 5.74) is 7.58. The van der Waals surface area contributed by atoms with Gasteiger partial charge in [0.1, 0.15) is 16.3 Å². The number of aromatic nitrogens is 5. The molecule has 0 aliphatic carbocycles. The third-order valence-corrected chi connectivity index (χ3v) is 5.31. The predicted octanol–water partition coefficient (Wildman–Crippen LogP) is 2.43. The van der Waals surface area contributed by atoms with E-state index in [0.29, 0.717) is 40.3 Å². The van der Waals surface area contributed by atoms with Crippen LogP contribution in [0.1, 0.15) is 29.8 Å². The molecule has 172 valence electrons. The smallest absolute Gasteiger partial charge is 0.344 e. The van der Waals surface area contributed by atoms with Crippen LogP contribution >= 0.6 is 11.3 Å². The largest absolute Gasteiger partial charge is 0.383 e. The maximum absolute atomic E-state index is 12.6. The van der Waals surface area contributed by atoms with Crippen molar-refractivity contribution in [1.82, 2.24) is 30.2 Å². The van der Waals surface area contributed by atoms with Crippen molar-refractivity contribution in [2.45, 2.75) is 20.3 Å². The summed E-state index contributed by atoms with van der Waals surface area (Å²) in [6.45, 7) is 6.05. The number of nitrogens with zero attached hydrogens (tertiary/aromatic N) is 4. The Kier molecular flexibility index (Phi) is 8.56. The minimum absolute atomic E-state index is 0.238. The molecule has 4 rings (SSSR count). The van der Waals surface area contributed by atoms with Crippen molar-refractivity contribution in [2.24, 2.45) is 0 Å². The minimum atomic E-state index is -0.405. The van der Waals surface area contributed by atoms with Crippen molar-refractivity contribution in [2.75, 3.05) is 25.5 Å². The van der Waals surface area contributed by atoms with Gasteiger partial charge in [-0.2, -0.15) is 0 Å². The van der Waals surface area contributed by atoms with E-state index in [4.69, 9.17) is 10.5 Å². The maximum Gasteiger partial charge on any atom is 0.344 e. The van der Waals surface area contributed by atoms with E-state index in [1.807, 2.05) is 26.0 Å². The van der Waals surface area contributed by atoms with E-state index in [2.05, 4.69) is 30.2 Å². The van der Waals surface area contributed by atoms with E-state index in [0.717, 1.165) is 18.8 Å². The van der Waals surface area contributed by atoms with Gasteiger partial charge in [-0.1, -0.05) is 6.07 Å². The molecule has 10 nitrogen and oxygen atoms in total. The Bertz CT molecular complexity index is 1240. The first kappa shape index (κ1) is 24.0. The van der Waals surface area contributed by atoms with Crippen LogP contribution in [-0.2, 0) is 11.2 Å². The second kappa shape index (κ2) is 11.8. The number of ether oxygens (including phenoxy) is 1. The molecule has 11 heteroatoms. The van der Waals surface area contributed by atoms with Gasteiger partial charge in [0.2, 0.25) is 0 Å². The first-order chi connectivity index (χ1) is 16.0. The monoisotopic (exact) mass is 467 g/mol. The highest BCUT2D eigenvalue weighted by atomic mass is 32.1. The van der Waals surface area contributed by atoms with Gasteiger partial charge in [-0.25, -0.2) is 19.7 Å². The first-order valence-corrected chi connectivity index (χ1v) is 11.3. The number of H-pyrrole nitrogens is 1. The Morgan fingerprint density at radius 1 is 1.21 bits per heavy atom. The molecule has 0 bridgehead atoms. The maximum atomic E-state index is 12.6. The third kappa shape index (κ3) is 6.40. The highest BCUT2D eigenvalue weighted by Gasteiger charge is 2.18. The average molecular weight is 468 g/mol. The summed E-state index contributed by atoms with van der Waals surface area (Å²) in [5.74, 6) is 0.399. The fourth-order valence-corrected chi connectivity index (χ4v) is 3.80. The number of nitrogens with two attached hydrogens (primary N) is 1.